The topological polar surface area (TPSA) is 0 Å². The van der Waals surface area contributed by atoms with Crippen LogP contribution in [0.3, 0.4) is 0 Å². The van der Waals surface area contributed by atoms with E-state index in [1.165, 1.54) is 181 Å². The summed E-state index contributed by atoms with van der Waals surface area (Å²) in [7, 11) is 0. The quantitative estimate of drug-likeness (QED) is 0.0672. The molecule has 0 amide bonds. The maximum Gasteiger partial charge on any atom is -0.00987 e. The van der Waals surface area contributed by atoms with Gasteiger partial charge in [0.2, 0.25) is 0 Å². The Morgan fingerprint density at radius 1 is 0.283 bits per heavy atom. The van der Waals surface area contributed by atoms with Crippen molar-refractivity contribution in [2.45, 2.75) is 129 Å². The normalized spacial score (nSPS) is 12.0. The predicted octanol–water partition coefficient (Wildman–Crippen LogP) is 14.8. The van der Waals surface area contributed by atoms with Gasteiger partial charge >= 0.3 is 0 Å². The molecule has 0 N–H and O–H groups in total. The van der Waals surface area contributed by atoms with Crippen molar-refractivity contribution in [3.8, 4) is 0 Å². The van der Waals surface area contributed by atoms with Gasteiger partial charge < -0.3 is 0 Å². The van der Waals surface area contributed by atoms with Crippen LogP contribution in [-0.2, 0) is 12.8 Å². The minimum Gasteiger partial charge on any atom is -0.0654 e. The Hall–Kier alpha value is -3.38. The molecular formula is C46H56. The first kappa shape index (κ1) is 32.6. The zero-order valence-electron chi connectivity index (χ0n) is 28.8. The van der Waals surface area contributed by atoms with Crippen molar-refractivity contribution in [3.63, 3.8) is 0 Å². The van der Waals surface area contributed by atoms with Crippen LogP contribution in [0.25, 0.3) is 53.9 Å². The van der Waals surface area contributed by atoms with Crippen LogP contribution in [0.15, 0.2) is 84.9 Å². The fourth-order valence-electron chi connectivity index (χ4n) is 7.86. The van der Waals surface area contributed by atoms with Crippen LogP contribution >= 0.6 is 0 Å². The highest BCUT2D eigenvalue weighted by atomic mass is 14.1. The average Bonchev–Trinajstić information content (AvgIpc) is 3.09. The Morgan fingerprint density at radius 2 is 0.565 bits per heavy atom. The third kappa shape index (κ3) is 7.76. The number of hydrogen-bond donors (Lipinski definition) is 0. The third-order valence-corrected chi connectivity index (χ3v) is 10.6. The van der Waals surface area contributed by atoms with E-state index in [4.69, 9.17) is 0 Å². The summed E-state index contributed by atoms with van der Waals surface area (Å²) in [6.45, 7) is 4.59. The molecule has 46 heavy (non-hydrogen) atoms. The summed E-state index contributed by atoms with van der Waals surface area (Å²) in [5.74, 6) is 0. The number of aryl methyl sites for hydroxylation is 2. The Balaban J connectivity index is 1.15. The molecule has 0 aromatic heterocycles. The van der Waals surface area contributed by atoms with Gasteiger partial charge in [-0.1, -0.05) is 189 Å². The summed E-state index contributed by atoms with van der Waals surface area (Å²) in [6.07, 6.45) is 24.4. The molecule has 6 rings (SSSR count). The van der Waals surface area contributed by atoms with Gasteiger partial charge in [0.05, 0.1) is 0 Å². The Bertz CT molecular complexity index is 1730. The maximum absolute atomic E-state index is 2.44. The lowest BCUT2D eigenvalue weighted by Crippen LogP contribution is -1.89. The van der Waals surface area contributed by atoms with Crippen LogP contribution in [-0.4, -0.2) is 0 Å². The van der Waals surface area contributed by atoms with E-state index in [0.29, 0.717) is 0 Å². The molecule has 0 bridgehead atoms. The molecule has 0 spiro atoms. The molecule has 0 saturated carbocycles. The third-order valence-electron chi connectivity index (χ3n) is 10.6. The lowest BCUT2D eigenvalue weighted by atomic mass is 9.91. The van der Waals surface area contributed by atoms with Crippen LogP contribution in [0.4, 0.5) is 0 Å². The molecule has 0 unspecified atom stereocenters. The molecule has 0 fully saturated rings. The van der Waals surface area contributed by atoms with Crippen molar-refractivity contribution in [1.29, 1.82) is 0 Å². The Labute approximate surface area is 278 Å². The molecule has 0 aliphatic carbocycles. The highest BCUT2D eigenvalue weighted by Crippen LogP contribution is 2.37. The van der Waals surface area contributed by atoms with Crippen molar-refractivity contribution in [3.05, 3.63) is 96.1 Å². The second-order valence-electron chi connectivity index (χ2n) is 14.1. The monoisotopic (exact) mass is 608 g/mol. The van der Waals surface area contributed by atoms with Gasteiger partial charge in [0.15, 0.2) is 0 Å². The maximum atomic E-state index is 2.44. The molecule has 0 saturated heterocycles. The number of benzene rings is 6. The molecule has 0 radical (unpaired) electrons. The second-order valence-corrected chi connectivity index (χ2v) is 14.1. The van der Waals surface area contributed by atoms with Crippen molar-refractivity contribution in [2.75, 3.05) is 0 Å². The van der Waals surface area contributed by atoms with E-state index in [1.54, 1.807) is 0 Å². The summed E-state index contributed by atoms with van der Waals surface area (Å²) < 4.78 is 0. The number of unbranched alkanes of at least 4 members (excludes halogenated alkanes) is 14. The van der Waals surface area contributed by atoms with Crippen LogP contribution in [0, 0.1) is 0 Å². The van der Waals surface area contributed by atoms with Crippen molar-refractivity contribution in [2.24, 2.45) is 0 Å². The minimum atomic E-state index is 1.20. The number of fused-ring (bicyclic) bond motifs is 9. The van der Waals surface area contributed by atoms with Gasteiger partial charge in [0.1, 0.15) is 0 Å². The number of rotatable bonds is 18. The van der Waals surface area contributed by atoms with E-state index in [0.717, 1.165) is 0 Å². The van der Waals surface area contributed by atoms with Gasteiger partial charge in [-0.3, -0.25) is 0 Å². The van der Waals surface area contributed by atoms with E-state index in [9.17, 15) is 0 Å². The van der Waals surface area contributed by atoms with E-state index < -0.39 is 0 Å². The summed E-state index contributed by atoms with van der Waals surface area (Å²) in [5, 5.41) is 13.7. The van der Waals surface area contributed by atoms with Gasteiger partial charge in [0, 0.05) is 0 Å². The highest BCUT2D eigenvalue weighted by Gasteiger charge is 2.10. The zero-order chi connectivity index (χ0) is 31.6. The molecule has 6 aromatic carbocycles. The Morgan fingerprint density at radius 3 is 0.935 bits per heavy atom. The van der Waals surface area contributed by atoms with E-state index in [1.807, 2.05) is 0 Å². The molecule has 0 atom stereocenters. The first-order valence-electron chi connectivity index (χ1n) is 19.0. The second kappa shape index (κ2) is 16.4. The molecule has 6 aromatic rings. The average molecular weight is 609 g/mol. The van der Waals surface area contributed by atoms with E-state index in [2.05, 4.69) is 98.8 Å². The molecule has 0 aliphatic rings. The fraction of sp³-hybridized carbons (Fsp3) is 0.435. The van der Waals surface area contributed by atoms with Crippen LogP contribution in [0.5, 0.6) is 0 Å². The molecule has 0 nitrogen and oxygen atoms in total. The molecule has 0 heteroatoms. The summed E-state index contributed by atoms with van der Waals surface area (Å²) >= 11 is 0. The largest absolute Gasteiger partial charge is 0.0654 e. The van der Waals surface area contributed by atoms with Crippen molar-refractivity contribution < 1.29 is 0 Å². The van der Waals surface area contributed by atoms with Crippen LogP contribution in [0.1, 0.15) is 128 Å². The van der Waals surface area contributed by atoms with Crippen LogP contribution in [0.2, 0.25) is 0 Å². The van der Waals surface area contributed by atoms with Gasteiger partial charge in [-0.15, -0.1) is 0 Å². The fourth-order valence-corrected chi connectivity index (χ4v) is 7.86. The van der Waals surface area contributed by atoms with Gasteiger partial charge in [0.25, 0.3) is 0 Å². The first-order chi connectivity index (χ1) is 22.8. The first-order valence-corrected chi connectivity index (χ1v) is 19.0. The molecule has 0 aliphatic heterocycles. The number of hydrogen-bond acceptors (Lipinski definition) is 0. The van der Waals surface area contributed by atoms with Gasteiger partial charge in [-0.25, -0.2) is 0 Å². The van der Waals surface area contributed by atoms with Crippen LogP contribution < -0.4 is 0 Å². The molecular weight excluding hydrogens is 553 g/mol. The highest BCUT2D eigenvalue weighted by molar-refractivity contribution is 6.25. The minimum absolute atomic E-state index is 1.20. The molecule has 0 heterocycles. The Kier molecular flexibility index (Phi) is 11.6. The molecule has 240 valence electrons. The zero-order valence-corrected chi connectivity index (χ0v) is 28.8. The van der Waals surface area contributed by atoms with E-state index in [-0.39, 0.29) is 0 Å². The summed E-state index contributed by atoms with van der Waals surface area (Å²) in [6, 6.07) is 33.3. The van der Waals surface area contributed by atoms with Gasteiger partial charge in [-0.05, 0) is 90.7 Å². The van der Waals surface area contributed by atoms with E-state index >= 15 is 0 Å². The summed E-state index contributed by atoms with van der Waals surface area (Å²) in [5.41, 5.74) is 2.97. The van der Waals surface area contributed by atoms with Crippen molar-refractivity contribution >= 4 is 53.9 Å². The SMILES string of the molecule is CCCCCCCCCCc1ccc2c(ccc3c2ccc2c4ccc5cc(CCCCCCCCCC)ccc5c4ccc32)c1. The standard InChI is InChI=1S/C46H56/c1-3-5-7-9-11-13-15-17-19-35-21-25-39-37(33-35)23-27-43-41(39)29-31-46-44-28-24-38-34-36(20-18-16-14-12-10-8-6-4-2)22-26-40(38)42(44)30-32-45(43)46/h21-34H,3-20H2,1-2H3. The lowest BCUT2D eigenvalue weighted by Gasteiger charge is -2.13. The van der Waals surface area contributed by atoms with Gasteiger partial charge in [-0.2, -0.15) is 0 Å². The predicted molar refractivity (Wildman–Crippen MR) is 207 cm³/mol. The smallest absolute Gasteiger partial charge is 0.00987 e. The van der Waals surface area contributed by atoms with Crippen molar-refractivity contribution in [1.82, 2.24) is 0 Å². The lowest BCUT2D eigenvalue weighted by molar-refractivity contribution is 0.575. The summed E-state index contributed by atoms with van der Waals surface area (Å²) in [4.78, 5) is 0.